The Morgan fingerprint density at radius 3 is 2.37 bits per heavy atom. The molecule has 0 N–H and O–H groups in total. The molecule has 0 bridgehead atoms. The number of rotatable bonds is 7. The highest BCUT2D eigenvalue weighted by Gasteiger charge is 2.19. The van der Waals surface area contributed by atoms with Gasteiger partial charge < -0.3 is 0 Å². The van der Waals surface area contributed by atoms with Crippen LogP contribution >= 0.6 is 0 Å². The van der Waals surface area contributed by atoms with Crippen LogP contribution in [0.1, 0.15) is 101 Å². The van der Waals surface area contributed by atoms with Crippen molar-refractivity contribution in [2.75, 3.05) is 0 Å². The highest BCUT2D eigenvalue weighted by molar-refractivity contribution is 5.52. The van der Waals surface area contributed by atoms with Gasteiger partial charge in [0, 0.05) is 18.0 Å². The molecule has 7 heteroatoms. The van der Waals surface area contributed by atoms with E-state index in [0.717, 1.165) is 46.9 Å². The molecule has 0 aliphatic carbocycles. The minimum atomic E-state index is 0.301. The normalized spacial score (nSPS) is 14.3. The molecule has 0 fully saturated rings. The Labute approximate surface area is 177 Å². The third-order valence-electron chi connectivity index (χ3n) is 5.81. The first-order chi connectivity index (χ1) is 14.3. The molecular formula is C23H31N7. The Balaban J connectivity index is 1.56. The molecule has 0 radical (unpaired) electrons. The molecule has 4 rings (SSSR count). The molecule has 0 saturated carbocycles. The van der Waals surface area contributed by atoms with E-state index in [1.165, 1.54) is 0 Å². The van der Waals surface area contributed by atoms with E-state index in [9.17, 15) is 0 Å². The number of hydrogen-bond donors (Lipinski definition) is 0. The van der Waals surface area contributed by atoms with Crippen molar-refractivity contribution in [1.82, 2.24) is 34.2 Å². The Kier molecular flexibility index (Phi) is 5.54. The van der Waals surface area contributed by atoms with Crippen molar-refractivity contribution < 1.29 is 0 Å². The van der Waals surface area contributed by atoms with E-state index in [-0.39, 0.29) is 0 Å². The molecule has 0 spiro atoms. The number of nitrogens with zero attached hydrogens (tertiary/aromatic N) is 7. The molecule has 0 amide bonds. The Morgan fingerprint density at radius 2 is 1.63 bits per heavy atom. The lowest BCUT2D eigenvalue weighted by molar-refractivity contribution is 0.547. The van der Waals surface area contributed by atoms with Crippen molar-refractivity contribution in [2.24, 2.45) is 0 Å². The fourth-order valence-electron chi connectivity index (χ4n) is 3.86. The van der Waals surface area contributed by atoms with Crippen LogP contribution in [0.4, 0.5) is 0 Å². The van der Waals surface area contributed by atoms with Crippen molar-refractivity contribution in [3.8, 4) is 0 Å². The first-order valence-corrected chi connectivity index (χ1v) is 10.9. The topological polar surface area (TPSA) is 73.3 Å². The SMILES string of the molecule is CC(C)c1nc(C(C)CCC(C)c2cn3ncnc3c(C(C)C)n2)c2cccn2n1. The summed E-state index contributed by atoms with van der Waals surface area (Å²) in [5, 5.41) is 9.00. The number of hydrogen-bond acceptors (Lipinski definition) is 5. The fourth-order valence-corrected chi connectivity index (χ4v) is 3.86. The van der Waals surface area contributed by atoms with Gasteiger partial charge in [-0.05, 0) is 36.8 Å². The maximum Gasteiger partial charge on any atom is 0.177 e. The predicted octanol–water partition coefficient (Wildman–Crippen LogP) is 5.10. The van der Waals surface area contributed by atoms with E-state index < -0.39 is 0 Å². The second kappa shape index (κ2) is 8.13. The van der Waals surface area contributed by atoms with E-state index in [2.05, 4.69) is 62.8 Å². The molecular weight excluding hydrogens is 374 g/mol. The molecule has 0 aliphatic rings. The van der Waals surface area contributed by atoms with Crippen molar-refractivity contribution >= 4 is 11.2 Å². The van der Waals surface area contributed by atoms with Gasteiger partial charge in [0.1, 0.15) is 6.33 Å². The largest absolute Gasteiger partial charge is 0.252 e. The van der Waals surface area contributed by atoms with E-state index in [1.54, 1.807) is 6.33 Å². The lowest BCUT2D eigenvalue weighted by Gasteiger charge is -2.18. The number of fused-ring (bicyclic) bond motifs is 2. The average molecular weight is 406 g/mol. The van der Waals surface area contributed by atoms with Crippen LogP contribution < -0.4 is 0 Å². The zero-order valence-electron chi connectivity index (χ0n) is 18.7. The predicted molar refractivity (Wildman–Crippen MR) is 118 cm³/mol. The lowest BCUT2D eigenvalue weighted by atomic mass is 9.93. The van der Waals surface area contributed by atoms with Gasteiger partial charge in [-0.2, -0.15) is 10.2 Å². The van der Waals surface area contributed by atoms with Crippen LogP contribution in [-0.2, 0) is 0 Å². The summed E-state index contributed by atoms with van der Waals surface area (Å²) in [7, 11) is 0. The van der Waals surface area contributed by atoms with E-state index in [4.69, 9.17) is 9.97 Å². The highest BCUT2D eigenvalue weighted by atomic mass is 15.3. The quantitative estimate of drug-likeness (QED) is 0.428. The zero-order valence-corrected chi connectivity index (χ0v) is 18.7. The first-order valence-electron chi connectivity index (χ1n) is 10.9. The van der Waals surface area contributed by atoms with Gasteiger partial charge >= 0.3 is 0 Å². The second-order valence-electron chi connectivity index (χ2n) is 8.96. The van der Waals surface area contributed by atoms with Crippen LogP contribution in [0.15, 0.2) is 30.9 Å². The smallest absolute Gasteiger partial charge is 0.177 e. The van der Waals surface area contributed by atoms with Crippen LogP contribution in [0.2, 0.25) is 0 Å². The molecule has 2 unspecified atom stereocenters. The Hall–Kier alpha value is -2.83. The van der Waals surface area contributed by atoms with E-state index in [0.29, 0.717) is 23.7 Å². The fraction of sp³-hybridized carbons (Fsp3) is 0.522. The Bertz CT molecular complexity index is 1160. The third-order valence-corrected chi connectivity index (χ3v) is 5.81. The van der Waals surface area contributed by atoms with Gasteiger partial charge in [0.15, 0.2) is 11.5 Å². The molecule has 0 saturated heterocycles. The van der Waals surface area contributed by atoms with Crippen LogP contribution in [-0.4, -0.2) is 34.2 Å². The van der Waals surface area contributed by atoms with E-state index in [1.807, 2.05) is 27.5 Å². The molecule has 4 heterocycles. The Morgan fingerprint density at radius 1 is 0.867 bits per heavy atom. The molecule has 0 aromatic carbocycles. The number of aromatic nitrogens is 7. The third kappa shape index (κ3) is 3.80. The zero-order chi connectivity index (χ0) is 21.4. The summed E-state index contributed by atoms with van der Waals surface area (Å²) >= 11 is 0. The molecule has 7 nitrogen and oxygen atoms in total. The molecule has 30 heavy (non-hydrogen) atoms. The van der Waals surface area contributed by atoms with Gasteiger partial charge in [-0.3, -0.25) is 4.98 Å². The van der Waals surface area contributed by atoms with Crippen LogP contribution in [0.5, 0.6) is 0 Å². The summed E-state index contributed by atoms with van der Waals surface area (Å²) in [6, 6.07) is 4.14. The van der Waals surface area contributed by atoms with Gasteiger partial charge in [0.05, 0.1) is 28.8 Å². The average Bonchev–Trinajstić information content (AvgIpc) is 3.38. The summed E-state index contributed by atoms with van der Waals surface area (Å²) in [6.07, 6.45) is 7.69. The summed E-state index contributed by atoms with van der Waals surface area (Å²) in [6.45, 7) is 13.1. The summed E-state index contributed by atoms with van der Waals surface area (Å²) in [5.41, 5.74) is 5.17. The minimum Gasteiger partial charge on any atom is -0.252 e. The second-order valence-corrected chi connectivity index (χ2v) is 8.96. The van der Waals surface area contributed by atoms with Crippen molar-refractivity contribution in [3.63, 3.8) is 0 Å². The molecule has 158 valence electrons. The van der Waals surface area contributed by atoms with Crippen molar-refractivity contribution in [2.45, 2.75) is 78.1 Å². The van der Waals surface area contributed by atoms with Crippen LogP contribution in [0.3, 0.4) is 0 Å². The van der Waals surface area contributed by atoms with Gasteiger partial charge in [-0.1, -0.05) is 41.5 Å². The first kappa shape index (κ1) is 20.4. The monoisotopic (exact) mass is 405 g/mol. The van der Waals surface area contributed by atoms with Crippen molar-refractivity contribution in [1.29, 1.82) is 0 Å². The molecule has 4 aromatic rings. The molecule has 2 atom stereocenters. The minimum absolute atomic E-state index is 0.301. The summed E-state index contributed by atoms with van der Waals surface area (Å²) < 4.78 is 3.83. The van der Waals surface area contributed by atoms with Crippen LogP contribution in [0.25, 0.3) is 11.2 Å². The van der Waals surface area contributed by atoms with Gasteiger partial charge in [-0.25, -0.2) is 19.0 Å². The maximum atomic E-state index is 4.95. The molecule has 0 aliphatic heterocycles. The van der Waals surface area contributed by atoms with Gasteiger partial charge in [0.25, 0.3) is 0 Å². The molecule has 4 aromatic heterocycles. The van der Waals surface area contributed by atoms with Crippen LogP contribution in [0, 0.1) is 0 Å². The standard InChI is InChI=1S/C23H31N7/c1-14(2)20-23-24-13-25-30(23)12-18(26-20)16(5)9-10-17(6)21-19-8-7-11-29(19)28-22(27-21)15(3)4/h7-8,11-17H,9-10H2,1-6H3. The highest BCUT2D eigenvalue weighted by Crippen LogP contribution is 2.30. The summed E-state index contributed by atoms with van der Waals surface area (Å²) in [4.78, 5) is 14.2. The van der Waals surface area contributed by atoms with E-state index >= 15 is 0 Å². The van der Waals surface area contributed by atoms with Gasteiger partial charge in [-0.15, -0.1) is 0 Å². The summed E-state index contributed by atoms with van der Waals surface area (Å²) in [5.74, 6) is 2.17. The maximum absolute atomic E-state index is 4.95. The van der Waals surface area contributed by atoms with Gasteiger partial charge in [0.2, 0.25) is 0 Å². The lowest BCUT2D eigenvalue weighted by Crippen LogP contribution is -2.11. The van der Waals surface area contributed by atoms with Crippen molar-refractivity contribution in [3.05, 3.63) is 53.8 Å².